The Hall–Kier alpha value is 1.39. The summed E-state index contributed by atoms with van der Waals surface area (Å²) in [7, 11) is 0. The van der Waals surface area contributed by atoms with Crippen molar-refractivity contribution in [2.24, 2.45) is 0 Å². The first-order valence-corrected chi connectivity index (χ1v) is 12.8. The number of rotatable bonds is 16. The lowest BCUT2D eigenvalue weighted by atomic mass is 10.0. The first kappa shape index (κ1) is 25.4. The number of carbonyl (C=O) groups is 1. The smallest absolute Gasteiger partial charge is 0.303 e. The number of hydrogen-bond donors (Lipinski definition) is 1. The van der Waals surface area contributed by atoms with E-state index in [-0.39, 0.29) is 0 Å². The van der Waals surface area contributed by atoms with Gasteiger partial charge in [0.25, 0.3) is 0 Å². The van der Waals surface area contributed by atoms with Crippen LogP contribution in [0.3, 0.4) is 0 Å². The van der Waals surface area contributed by atoms with E-state index in [1.165, 1.54) is 38.5 Å². The average molecular weight is 600 g/mol. The van der Waals surface area contributed by atoms with Crippen LogP contribution in [0, 0.1) is 0 Å². The van der Waals surface area contributed by atoms with Crippen molar-refractivity contribution >= 4 is 69.7 Å². The maximum atomic E-state index is 10.4. The highest BCUT2D eigenvalue weighted by molar-refractivity contribution is 9.13. The molecule has 0 fully saturated rings. The standard InChI is InChI=1S/C18H32Br4O2/c1-2-3-7-10-14(19)16(21)13-17(22)15(20)11-8-5-4-6-9-12-18(23)24/h14-17H,2-13H2,1H3,(H,23,24)/t14-,15+,16+,17+/m0/s1. The molecule has 24 heavy (non-hydrogen) atoms. The number of hydrogen-bond acceptors (Lipinski definition) is 1. The Morgan fingerprint density at radius 2 is 1.21 bits per heavy atom. The Labute approximate surface area is 181 Å². The summed E-state index contributed by atoms with van der Waals surface area (Å²) in [5.74, 6) is -0.679. The summed E-state index contributed by atoms with van der Waals surface area (Å²) < 4.78 is 0. The zero-order chi connectivity index (χ0) is 18.4. The molecular weight excluding hydrogens is 568 g/mol. The Balaban J connectivity index is 3.74. The fourth-order valence-corrected chi connectivity index (χ4v) is 5.52. The molecule has 0 saturated carbocycles. The minimum Gasteiger partial charge on any atom is -0.481 e. The lowest BCUT2D eigenvalue weighted by molar-refractivity contribution is -0.137. The SMILES string of the molecule is CCCCC[C@H](Br)[C@H](Br)C[C@@H](Br)[C@H](Br)CCCCCCCC(=O)O. The van der Waals surface area contributed by atoms with E-state index in [0.717, 1.165) is 32.1 Å². The minimum absolute atomic E-state index is 0.309. The van der Waals surface area contributed by atoms with E-state index < -0.39 is 5.97 Å². The number of unbranched alkanes of at least 4 members (excludes halogenated alkanes) is 6. The molecule has 0 rings (SSSR count). The summed E-state index contributed by atoms with van der Waals surface area (Å²) in [5, 5.41) is 8.60. The number of halogens is 4. The van der Waals surface area contributed by atoms with Crippen molar-refractivity contribution in [3.05, 3.63) is 0 Å². The molecule has 0 aliphatic rings. The number of alkyl halides is 4. The molecule has 0 aromatic carbocycles. The molecule has 0 aliphatic carbocycles. The van der Waals surface area contributed by atoms with Crippen LogP contribution in [0.15, 0.2) is 0 Å². The van der Waals surface area contributed by atoms with Gasteiger partial charge < -0.3 is 5.11 Å². The van der Waals surface area contributed by atoms with E-state index in [0.29, 0.717) is 25.7 Å². The van der Waals surface area contributed by atoms with Gasteiger partial charge >= 0.3 is 5.97 Å². The fourth-order valence-electron chi connectivity index (χ4n) is 2.61. The van der Waals surface area contributed by atoms with Crippen molar-refractivity contribution in [3.8, 4) is 0 Å². The normalized spacial score (nSPS) is 16.5. The van der Waals surface area contributed by atoms with E-state index in [9.17, 15) is 4.79 Å². The molecule has 0 saturated heterocycles. The van der Waals surface area contributed by atoms with Crippen LogP contribution >= 0.6 is 63.7 Å². The van der Waals surface area contributed by atoms with Gasteiger partial charge in [-0.3, -0.25) is 4.79 Å². The predicted octanol–water partition coefficient (Wildman–Crippen LogP) is 7.83. The molecule has 6 heteroatoms. The molecular formula is C18H32Br4O2. The van der Waals surface area contributed by atoms with Crippen LogP contribution in [0.5, 0.6) is 0 Å². The fraction of sp³-hybridized carbons (Fsp3) is 0.944. The molecule has 4 atom stereocenters. The van der Waals surface area contributed by atoms with E-state index in [4.69, 9.17) is 5.11 Å². The van der Waals surface area contributed by atoms with Crippen LogP contribution in [-0.2, 0) is 4.79 Å². The van der Waals surface area contributed by atoms with E-state index in [1.54, 1.807) is 0 Å². The maximum Gasteiger partial charge on any atom is 0.303 e. The summed E-state index contributed by atoms with van der Waals surface area (Å²) in [6, 6.07) is 0. The van der Waals surface area contributed by atoms with Crippen LogP contribution in [0.25, 0.3) is 0 Å². The van der Waals surface area contributed by atoms with Crippen LogP contribution in [0.1, 0.15) is 84.0 Å². The molecule has 0 unspecified atom stereocenters. The van der Waals surface area contributed by atoms with Gasteiger partial charge in [0.2, 0.25) is 0 Å². The average Bonchev–Trinajstić information content (AvgIpc) is 2.53. The number of carboxylic acid groups (broad SMARTS) is 1. The summed E-state index contributed by atoms with van der Waals surface area (Å²) in [6.07, 6.45) is 13.1. The molecule has 0 aliphatic heterocycles. The molecule has 0 bridgehead atoms. The molecule has 0 aromatic rings. The Kier molecular flexibility index (Phi) is 17.5. The lowest BCUT2D eigenvalue weighted by Gasteiger charge is -2.23. The first-order valence-electron chi connectivity index (χ1n) is 9.16. The molecule has 0 spiro atoms. The summed E-state index contributed by atoms with van der Waals surface area (Å²) >= 11 is 15.3. The molecule has 144 valence electrons. The van der Waals surface area contributed by atoms with Gasteiger partial charge in [-0.05, 0) is 25.7 Å². The Morgan fingerprint density at radius 3 is 1.71 bits per heavy atom. The summed E-state index contributed by atoms with van der Waals surface area (Å²) in [4.78, 5) is 12.4. The predicted molar refractivity (Wildman–Crippen MR) is 120 cm³/mol. The second-order valence-corrected chi connectivity index (χ2v) is 11.2. The van der Waals surface area contributed by atoms with Crippen molar-refractivity contribution in [2.45, 2.75) is 103 Å². The maximum absolute atomic E-state index is 10.4. The summed E-state index contributed by atoms with van der Waals surface area (Å²) in [5.41, 5.74) is 0. The van der Waals surface area contributed by atoms with Crippen molar-refractivity contribution in [1.82, 2.24) is 0 Å². The van der Waals surface area contributed by atoms with Crippen molar-refractivity contribution < 1.29 is 9.90 Å². The number of aliphatic carboxylic acids is 1. The van der Waals surface area contributed by atoms with Gasteiger partial charge in [-0.1, -0.05) is 116 Å². The lowest BCUT2D eigenvalue weighted by Crippen LogP contribution is -2.23. The third-order valence-corrected chi connectivity index (χ3v) is 9.82. The van der Waals surface area contributed by atoms with E-state index in [2.05, 4.69) is 70.6 Å². The van der Waals surface area contributed by atoms with Gasteiger partial charge in [0.1, 0.15) is 0 Å². The number of carboxylic acids is 1. The van der Waals surface area contributed by atoms with Gasteiger partial charge in [-0.15, -0.1) is 0 Å². The zero-order valence-corrected chi connectivity index (χ0v) is 21.0. The van der Waals surface area contributed by atoms with Gasteiger partial charge in [0, 0.05) is 25.7 Å². The first-order chi connectivity index (χ1) is 11.4. The molecule has 0 amide bonds. The van der Waals surface area contributed by atoms with Crippen molar-refractivity contribution in [1.29, 1.82) is 0 Å². The molecule has 0 heterocycles. The van der Waals surface area contributed by atoms with Crippen LogP contribution in [0.2, 0.25) is 0 Å². The zero-order valence-electron chi connectivity index (χ0n) is 14.7. The largest absolute Gasteiger partial charge is 0.481 e. The monoisotopic (exact) mass is 596 g/mol. The van der Waals surface area contributed by atoms with Gasteiger partial charge in [0.15, 0.2) is 0 Å². The van der Waals surface area contributed by atoms with Crippen LogP contribution in [0.4, 0.5) is 0 Å². The molecule has 1 N–H and O–H groups in total. The van der Waals surface area contributed by atoms with Crippen LogP contribution < -0.4 is 0 Å². The third kappa shape index (κ3) is 14.5. The Bertz CT molecular complexity index is 315. The highest BCUT2D eigenvalue weighted by atomic mass is 79.9. The van der Waals surface area contributed by atoms with Crippen molar-refractivity contribution in [3.63, 3.8) is 0 Å². The van der Waals surface area contributed by atoms with Gasteiger partial charge in [-0.25, -0.2) is 0 Å². The van der Waals surface area contributed by atoms with E-state index >= 15 is 0 Å². The van der Waals surface area contributed by atoms with Gasteiger partial charge in [0.05, 0.1) is 0 Å². The topological polar surface area (TPSA) is 37.3 Å². The third-order valence-electron chi connectivity index (χ3n) is 4.19. The quantitative estimate of drug-likeness (QED) is 0.145. The second-order valence-electron chi connectivity index (χ2n) is 6.50. The highest BCUT2D eigenvalue weighted by Crippen LogP contribution is 2.31. The molecule has 2 nitrogen and oxygen atoms in total. The summed E-state index contributed by atoms with van der Waals surface area (Å²) in [6.45, 7) is 2.24. The van der Waals surface area contributed by atoms with Crippen LogP contribution in [-0.4, -0.2) is 30.4 Å². The molecule has 0 aromatic heterocycles. The second kappa shape index (κ2) is 16.6. The van der Waals surface area contributed by atoms with E-state index in [1.807, 2.05) is 0 Å². The Morgan fingerprint density at radius 1 is 0.750 bits per heavy atom. The molecule has 0 radical (unpaired) electrons. The highest BCUT2D eigenvalue weighted by Gasteiger charge is 2.23. The van der Waals surface area contributed by atoms with Crippen molar-refractivity contribution in [2.75, 3.05) is 0 Å². The van der Waals surface area contributed by atoms with Gasteiger partial charge in [-0.2, -0.15) is 0 Å². The minimum atomic E-state index is -0.679.